The van der Waals surface area contributed by atoms with Gasteiger partial charge >= 0.3 is 0 Å². The molecule has 4 rings (SSSR count). The first-order valence-corrected chi connectivity index (χ1v) is 10.2. The van der Waals surface area contributed by atoms with E-state index in [1.54, 1.807) is 0 Å². The van der Waals surface area contributed by atoms with Crippen LogP contribution in [0.1, 0.15) is 38.3 Å². The van der Waals surface area contributed by atoms with Crippen molar-refractivity contribution in [2.45, 2.75) is 38.7 Å². The first kappa shape index (κ1) is 18.3. The molecule has 2 aliphatic heterocycles. The molecule has 2 fully saturated rings. The number of benzene rings is 1. The highest BCUT2D eigenvalue weighted by Gasteiger charge is 2.40. The molecule has 2 aliphatic rings. The number of hydrogen-bond acceptors (Lipinski definition) is 6. The van der Waals surface area contributed by atoms with Gasteiger partial charge in [0.2, 0.25) is 0 Å². The third-order valence-corrected chi connectivity index (χ3v) is 5.70. The van der Waals surface area contributed by atoms with Crippen molar-refractivity contribution in [2.24, 2.45) is 5.92 Å². The van der Waals surface area contributed by atoms with Crippen molar-refractivity contribution in [1.29, 1.82) is 0 Å². The van der Waals surface area contributed by atoms with E-state index in [0.29, 0.717) is 17.7 Å². The normalized spacial score (nSPS) is 23.7. The Kier molecular flexibility index (Phi) is 5.07. The minimum absolute atomic E-state index is 0.114. The van der Waals surface area contributed by atoms with Crippen molar-refractivity contribution in [3.05, 3.63) is 35.4 Å². The third kappa shape index (κ3) is 4.26. The topological polar surface area (TPSA) is 47.5 Å². The molecule has 0 N–H and O–H groups in total. The molecular weight excluding hydrogens is 358 g/mol. The van der Waals surface area contributed by atoms with Crippen LogP contribution in [0.15, 0.2) is 24.3 Å². The Balaban J connectivity index is 1.34. The Bertz CT molecular complexity index is 862. The molecule has 5 nitrogen and oxygen atoms in total. The summed E-state index contributed by atoms with van der Waals surface area (Å²) in [5.74, 6) is 7.80. The minimum atomic E-state index is 0.114. The predicted molar refractivity (Wildman–Crippen MR) is 106 cm³/mol. The minimum Gasteiger partial charge on any atom is -0.468 e. The average Bonchev–Trinajstić information content (AvgIpc) is 3.36. The van der Waals surface area contributed by atoms with Crippen LogP contribution in [0.4, 0.5) is 0 Å². The van der Waals surface area contributed by atoms with E-state index in [9.17, 15) is 0 Å². The molecule has 6 heteroatoms. The summed E-state index contributed by atoms with van der Waals surface area (Å²) in [5, 5.41) is 0. The quantitative estimate of drug-likeness (QED) is 0.758. The standard InChI is InChI=1S/C21H25N3O2S/c1-21(2,3)17-8-4-6-15(12-17)7-5-11-25-19-20(23-27-22-19)26-18-14-24-10-9-16(18)13-24/h4,6,8,12,16,18H,9-11,13-14H2,1-3H3. The molecule has 0 saturated carbocycles. The van der Waals surface area contributed by atoms with E-state index >= 15 is 0 Å². The number of aromatic nitrogens is 2. The van der Waals surface area contributed by atoms with Crippen molar-refractivity contribution in [2.75, 3.05) is 26.2 Å². The zero-order chi connectivity index (χ0) is 18.9. The monoisotopic (exact) mass is 383 g/mol. The van der Waals surface area contributed by atoms with Gasteiger partial charge in [-0.25, -0.2) is 0 Å². The number of ether oxygens (including phenoxy) is 2. The summed E-state index contributed by atoms with van der Waals surface area (Å²) >= 11 is 1.12. The van der Waals surface area contributed by atoms with Crippen molar-refractivity contribution < 1.29 is 9.47 Å². The SMILES string of the molecule is CC(C)(C)c1cccc(C#CCOc2nsnc2OC2CN3CCC2C3)c1. The molecule has 2 saturated heterocycles. The van der Waals surface area contributed by atoms with Gasteiger partial charge < -0.3 is 9.47 Å². The predicted octanol–water partition coefficient (Wildman–Crippen LogP) is 3.35. The van der Waals surface area contributed by atoms with Crippen LogP contribution in [-0.2, 0) is 5.41 Å². The zero-order valence-electron chi connectivity index (χ0n) is 16.1. The Morgan fingerprint density at radius 3 is 2.81 bits per heavy atom. The Morgan fingerprint density at radius 2 is 2.07 bits per heavy atom. The second-order valence-corrected chi connectivity index (χ2v) is 8.79. The lowest BCUT2D eigenvalue weighted by atomic mass is 9.86. The Labute approximate surface area is 165 Å². The van der Waals surface area contributed by atoms with Crippen LogP contribution in [0, 0.1) is 17.8 Å². The van der Waals surface area contributed by atoms with E-state index in [0.717, 1.165) is 30.4 Å². The largest absolute Gasteiger partial charge is 0.468 e. The molecule has 27 heavy (non-hydrogen) atoms. The van der Waals surface area contributed by atoms with Crippen LogP contribution in [0.3, 0.4) is 0 Å². The van der Waals surface area contributed by atoms with Crippen LogP contribution in [0.25, 0.3) is 0 Å². The molecule has 0 amide bonds. The van der Waals surface area contributed by atoms with E-state index in [1.807, 2.05) is 12.1 Å². The highest BCUT2D eigenvalue weighted by molar-refractivity contribution is 6.99. The van der Waals surface area contributed by atoms with Crippen LogP contribution in [-0.4, -0.2) is 46.0 Å². The molecule has 142 valence electrons. The van der Waals surface area contributed by atoms with Gasteiger partial charge in [0.25, 0.3) is 11.8 Å². The van der Waals surface area contributed by atoms with E-state index < -0.39 is 0 Å². The number of rotatable bonds is 4. The number of piperidine rings is 1. The number of fused-ring (bicyclic) bond motifs is 2. The van der Waals surface area contributed by atoms with E-state index in [2.05, 4.69) is 58.4 Å². The molecule has 3 atom stereocenters. The zero-order valence-corrected chi connectivity index (χ0v) is 16.9. The fraction of sp³-hybridized carbons (Fsp3) is 0.524. The molecule has 2 bridgehead atoms. The second-order valence-electron chi connectivity index (χ2n) is 8.26. The lowest BCUT2D eigenvalue weighted by Gasteiger charge is -2.22. The highest BCUT2D eigenvalue weighted by atomic mass is 32.1. The summed E-state index contributed by atoms with van der Waals surface area (Å²) < 4.78 is 20.3. The summed E-state index contributed by atoms with van der Waals surface area (Å²) in [6, 6.07) is 8.34. The second kappa shape index (κ2) is 7.49. The van der Waals surface area contributed by atoms with E-state index in [1.165, 1.54) is 18.5 Å². The maximum Gasteiger partial charge on any atom is 0.292 e. The first-order valence-electron chi connectivity index (χ1n) is 9.43. The summed E-state index contributed by atoms with van der Waals surface area (Å²) in [5.41, 5.74) is 2.38. The summed E-state index contributed by atoms with van der Waals surface area (Å²) in [7, 11) is 0. The van der Waals surface area contributed by atoms with Gasteiger partial charge in [-0.05, 0) is 36.1 Å². The van der Waals surface area contributed by atoms with Crippen molar-refractivity contribution in [3.8, 4) is 23.6 Å². The van der Waals surface area contributed by atoms with Gasteiger partial charge in [-0.1, -0.05) is 44.7 Å². The van der Waals surface area contributed by atoms with Gasteiger partial charge in [0, 0.05) is 24.6 Å². The van der Waals surface area contributed by atoms with Gasteiger partial charge in [0.05, 0.1) is 11.7 Å². The van der Waals surface area contributed by atoms with Crippen molar-refractivity contribution >= 4 is 11.7 Å². The van der Waals surface area contributed by atoms with Crippen LogP contribution >= 0.6 is 11.7 Å². The summed E-state index contributed by atoms with van der Waals surface area (Å²) in [6.45, 7) is 10.2. The van der Waals surface area contributed by atoms with E-state index in [-0.39, 0.29) is 18.1 Å². The number of nitrogens with zero attached hydrogens (tertiary/aromatic N) is 3. The van der Waals surface area contributed by atoms with Crippen LogP contribution in [0.2, 0.25) is 0 Å². The molecule has 0 aliphatic carbocycles. The molecule has 2 aromatic rings. The summed E-state index contributed by atoms with van der Waals surface area (Å²) in [6.07, 6.45) is 1.41. The van der Waals surface area contributed by atoms with Crippen LogP contribution < -0.4 is 9.47 Å². The fourth-order valence-corrected chi connectivity index (χ4v) is 4.09. The molecule has 3 unspecified atom stereocenters. The fourth-order valence-electron chi connectivity index (χ4n) is 3.65. The Morgan fingerprint density at radius 1 is 1.22 bits per heavy atom. The maximum atomic E-state index is 6.07. The first-order chi connectivity index (χ1) is 13.0. The van der Waals surface area contributed by atoms with Gasteiger partial charge in [-0.15, -0.1) is 8.75 Å². The summed E-state index contributed by atoms with van der Waals surface area (Å²) in [4.78, 5) is 2.44. The van der Waals surface area contributed by atoms with Crippen molar-refractivity contribution in [1.82, 2.24) is 13.6 Å². The average molecular weight is 384 g/mol. The lowest BCUT2D eigenvalue weighted by molar-refractivity contribution is 0.131. The third-order valence-electron chi connectivity index (χ3n) is 5.21. The Hall–Kier alpha value is -2.10. The van der Waals surface area contributed by atoms with Crippen molar-refractivity contribution in [3.63, 3.8) is 0 Å². The molecule has 3 heterocycles. The smallest absolute Gasteiger partial charge is 0.292 e. The lowest BCUT2D eigenvalue weighted by Crippen LogP contribution is -2.32. The molecular formula is C21H25N3O2S. The molecule has 1 aromatic heterocycles. The van der Waals surface area contributed by atoms with Gasteiger partial charge in [-0.3, -0.25) is 4.90 Å². The molecule has 0 radical (unpaired) electrons. The molecule has 0 spiro atoms. The van der Waals surface area contributed by atoms with Gasteiger partial charge in [-0.2, -0.15) is 0 Å². The van der Waals surface area contributed by atoms with E-state index in [4.69, 9.17) is 9.47 Å². The highest BCUT2D eigenvalue weighted by Crippen LogP contribution is 2.33. The van der Waals surface area contributed by atoms with Crippen LogP contribution in [0.5, 0.6) is 11.8 Å². The van der Waals surface area contributed by atoms with Gasteiger partial charge in [0.15, 0.2) is 6.61 Å². The molecule has 1 aromatic carbocycles. The van der Waals surface area contributed by atoms with Gasteiger partial charge in [0.1, 0.15) is 6.10 Å². The maximum absolute atomic E-state index is 6.07. The number of hydrogen-bond donors (Lipinski definition) is 0.